The van der Waals surface area contributed by atoms with Crippen LogP contribution in [0.25, 0.3) is 10.9 Å². The number of nitrogens with zero attached hydrogens (tertiary/aromatic N) is 1. The second kappa shape index (κ2) is 5.92. The van der Waals surface area contributed by atoms with Gasteiger partial charge in [-0.15, -0.1) is 0 Å². The van der Waals surface area contributed by atoms with Gasteiger partial charge in [-0.3, -0.25) is 4.98 Å². The predicted molar refractivity (Wildman–Crippen MR) is 84.9 cm³/mol. The molecule has 0 aliphatic heterocycles. The maximum Gasteiger partial charge on any atom is 0.0702 e. The normalized spacial score (nSPS) is 26.8. The lowest BCUT2D eigenvalue weighted by molar-refractivity contribution is 0.245. The van der Waals surface area contributed by atoms with E-state index >= 15 is 0 Å². The summed E-state index contributed by atoms with van der Waals surface area (Å²) in [6.45, 7) is 3.50. The fourth-order valence-electron chi connectivity index (χ4n) is 3.65. The van der Waals surface area contributed by atoms with E-state index in [1.165, 1.54) is 30.2 Å². The van der Waals surface area contributed by atoms with E-state index in [9.17, 15) is 0 Å². The van der Waals surface area contributed by atoms with Crippen molar-refractivity contribution in [3.05, 3.63) is 42.1 Å². The van der Waals surface area contributed by atoms with Crippen LogP contribution in [-0.4, -0.2) is 18.6 Å². The van der Waals surface area contributed by atoms with Crippen LogP contribution in [0.5, 0.6) is 0 Å². The van der Waals surface area contributed by atoms with Gasteiger partial charge < -0.3 is 5.32 Å². The summed E-state index contributed by atoms with van der Waals surface area (Å²) < 4.78 is 0. The number of pyridine rings is 1. The Bertz CT molecular complexity index is 578. The molecule has 1 heterocycles. The summed E-state index contributed by atoms with van der Waals surface area (Å²) in [5.74, 6) is 2.24. The fraction of sp³-hybridized carbons (Fsp3) is 0.500. The van der Waals surface area contributed by atoms with E-state index < -0.39 is 0 Å². The molecular formula is C18H24N2. The number of nitrogens with one attached hydrogen (secondary N) is 1. The molecule has 0 saturated heterocycles. The third kappa shape index (κ3) is 2.71. The molecule has 1 aliphatic rings. The van der Waals surface area contributed by atoms with Gasteiger partial charge in [0.1, 0.15) is 0 Å². The van der Waals surface area contributed by atoms with E-state index in [1.54, 1.807) is 0 Å². The Labute approximate surface area is 121 Å². The fourth-order valence-corrected chi connectivity index (χ4v) is 3.65. The van der Waals surface area contributed by atoms with E-state index in [1.807, 2.05) is 0 Å². The van der Waals surface area contributed by atoms with Gasteiger partial charge in [0.05, 0.1) is 5.52 Å². The first-order valence-electron chi connectivity index (χ1n) is 7.77. The Morgan fingerprint density at radius 2 is 2.10 bits per heavy atom. The summed E-state index contributed by atoms with van der Waals surface area (Å²) in [5.41, 5.74) is 2.53. The third-order valence-corrected chi connectivity index (χ3v) is 4.76. The number of hydrogen-bond acceptors (Lipinski definition) is 2. The minimum absolute atomic E-state index is 0.656. The molecule has 1 saturated carbocycles. The quantitative estimate of drug-likeness (QED) is 0.911. The minimum Gasteiger partial charge on any atom is -0.319 e. The zero-order valence-corrected chi connectivity index (χ0v) is 12.5. The van der Waals surface area contributed by atoms with Gasteiger partial charge in [-0.25, -0.2) is 0 Å². The zero-order valence-electron chi connectivity index (χ0n) is 12.5. The van der Waals surface area contributed by atoms with Crippen molar-refractivity contribution < 1.29 is 0 Å². The average Bonchev–Trinajstić information content (AvgIpc) is 2.49. The molecule has 0 amide bonds. The molecule has 3 atom stereocenters. The molecular weight excluding hydrogens is 244 g/mol. The van der Waals surface area contributed by atoms with Crippen molar-refractivity contribution >= 4 is 10.9 Å². The van der Waals surface area contributed by atoms with Crippen molar-refractivity contribution in [2.75, 3.05) is 13.6 Å². The highest BCUT2D eigenvalue weighted by Crippen LogP contribution is 2.40. The van der Waals surface area contributed by atoms with E-state index in [0.29, 0.717) is 5.92 Å². The highest BCUT2D eigenvalue weighted by molar-refractivity contribution is 5.78. The van der Waals surface area contributed by atoms with Crippen LogP contribution in [0.2, 0.25) is 0 Å². The molecule has 1 aromatic heterocycles. The van der Waals surface area contributed by atoms with Gasteiger partial charge in [0.25, 0.3) is 0 Å². The SMILES string of the molecule is CNCC1CCC(C)CC1c1cnc2ccccc2c1. The molecule has 1 fully saturated rings. The standard InChI is InChI=1S/C18H24N2/c1-13-7-8-15(11-19-2)17(9-13)16-10-14-5-3-4-6-18(14)20-12-16/h3-6,10,12-13,15,17,19H,7-9,11H2,1-2H3. The third-order valence-electron chi connectivity index (χ3n) is 4.76. The van der Waals surface area contributed by atoms with Gasteiger partial charge in [-0.1, -0.05) is 31.5 Å². The number of aromatic nitrogens is 1. The van der Waals surface area contributed by atoms with Gasteiger partial charge in [-0.2, -0.15) is 0 Å². The first-order valence-corrected chi connectivity index (χ1v) is 7.77. The van der Waals surface area contributed by atoms with Crippen LogP contribution in [0.15, 0.2) is 36.5 Å². The molecule has 0 spiro atoms. The molecule has 2 aromatic rings. The Morgan fingerprint density at radius 1 is 1.25 bits per heavy atom. The first-order chi connectivity index (χ1) is 9.78. The van der Waals surface area contributed by atoms with Crippen molar-refractivity contribution in [1.29, 1.82) is 0 Å². The number of para-hydroxylation sites is 1. The second-order valence-electron chi connectivity index (χ2n) is 6.30. The van der Waals surface area contributed by atoms with Gasteiger partial charge in [-0.05, 0) is 61.9 Å². The summed E-state index contributed by atoms with van der Waals surface area (Å²) in [6, 6.07) is 10.8. The number of rotatable bonds is 3. The minimum atomic E-state index is 0.656. The summed E-state index contributed by atoms with van der Waals surface area (Å²) in [5, 5.41) is 4.64. The number of fused-ring (bicyclic) bond motifs is 1. The Hall–Kier alpha value is -1.41. The van der Waals surface area contributed by atoms with Gasteiger partial charge >= 0.3 is 0 Å². The van der Waals surface area contributed by atoms with Gasteiger partial charge in [0.15, 0.2) is 0 Å². The van der Waals surface area contributed by atoms with E-state index in [-0.39, 0.29) is 0 Å². The Balaban J connectivity index is 1.93. The van der Waals surface area contributed by atoms with Gasteiger partial charge in [0, 0.05) is 11.6 Å². The first kappa shape index (κ1) is 13.6. The molecule has 2 nitrogen and oxygen atoms in total. The lowest BCUT2D eigenvalue weighted by Gasteiger charge is -2.35. The highest BCUT2D eigenvalue weighted by Gasteiger charge is 2.29. The molecule has 1 N–H and O–H groups in total. The van der Waals surface area contributed by atoms with Crippen molar-refractivity contribution in [3.8, 4) is 0 Å². The topological polar surface area (TPSA) is 24.9 Å². The monoisotopic (exact) mass is 268 g/mol. The number of hydrogen-bond donors (Lipinski definition) is 1. The molecule has 0 bridgehead atoms. The second-order valence-corrected chi connectivity index (χ2v) is 6.30. The average molecular weight is 268 g/mol. The van der Waals surface area contributed by atoms with Crippen LogP contribution >= 0.6 is 0 Å². The number of benzene rings is 1. The predicted octanol–water partition coefficient (Wildman–Crippen LogP) is 3.97. The van der Waals surface area contributed by atoms with E-state index in [2.05, 4.69) is 60.8 Å². The Morgan fingerprint density at radius 3 is 2.95 bits per heavy atom. The van der Waals surface area contributed by atoms with Crippen molar-refractivity contribution in [2.45, 2.75) is 32.1 Å². The van der Waals surface area contributed by atoms with E-state index in [4.69, 9.17) is 0 Å². The molecule has 3 rings (SSSR count). The van der Waals surface area contributed by atoms with Crippen LogP contribution in [0, 0.1) is 11.8 Å². The molecule has 0 radical (unpaired) electrons. The summed E-state index contributed by atoms with van der Waals surface area (Å²) >= 11 is 0. The summed E-state index contributed by atoms with van der Waals surface area (Å²) in [7, 11) is 2.06. The van der Waals surface area contributed by atoms with E-state index in [0.717, 1.165) is 23.9 Å². The maximum absolute atomic E-state index is 4.66. The largest absolute Gasteiger partial charge is 0.319 e. The van der Waals surface area contributed by atoms with Crippen LogP contribution in [0.4, 0.5) is 0 Å². The van der Waals surface area contributed by atoms with Crippen molar-refractivity contribution in [3.63, 3.8) is 0 Å². The smallest absolute Gasteiger partial charge is 0.0702 e. The summed E-state index contributed by atoms with van der Waals surface area (Å²) in [6.07, 6.45) is 6.10. The highest BCUT2D eigenvalue weighted by atomic mass is 14.8. The van der Waals surface area contributed by atoms with Crippen molar-refractivity contribution in [1.82, 2.24) is 10.3 Å². The van der Waals surface area contributed by atoms with Gasteiger partial charge in [0.2, 0.25) is 0 Å². The van der Waals surface area contributed by atoms with Crippen LogP contribution in [-0.2, 0) is 0 Å². The molecule has 1 aromatic carbocycles. The lowest BCUT2D eigenvalue weighted by Crippen LogP contribution is -2.30. The Kier molecular flexibility index (Phi) is 4.02. The molecule has 20 heavy (non-hydrogen) atoms. The zero-order chi connectivity index (χ0) is 13.9. The molecule has 2 heteroatoms. The van der Waals surface area contributed by atoms with Crippen LogP contribution < -0.4 is 5.32 Å². The summed E-state index contributed by atoms with van der Waals surface area (Å²) in [4.78, 5) is 4.66. The van der Waals surface area contributed by atoms with Crippen LogP contribution in [0.3, 0.4) is 0 Å². The maximum atomic E-state index is 4.66. The molecule has 106 valence electrons. The molecule has 3 unspecified atom stereocenters. The van der Waals surface area contributed by atoms with Crippen molar-refractivity contribution in [2.24, 2.45) is 11.8 Å². The van der Waals surface area contributed by atoms with Crippen LogP contribution in [0.1, 0.15) is 37.7 Å². The lowest BCUT2D eigenvalue weighted by atomic mass is 9.72. The molecule has 1 aliphatic carbocycles.